The molecule has 5 heteroatoms. The molecule has 25 heavy (non-hydrogen) atoms. The van der Waals surface area contributed by atoms with Crippen molar-refractivity contribution in [2.45, 2.75) is 38.5 Å². The first kappa shape index (κ1) is 16.1. The van der Waals surface area contributed by atoms with Crippen molar-refractivity contribution in [3.63, 3.8) is 0 Å². The largest absolute Gasteiger partial charge is 0.469 e. The van der Waals surface area contributed by atoms with Crippen molar-refractivity contribution >= 4 is 11.9 Å². The minimum atomic E-state index is -0.173. The highest BCUT2D eigenvalue weighted by atomic mass is 16.5. The summed E-state index contributed by atoms with van der Waals surface area (Å²) < 4.78 is 4.74. The SMILES string of the molecule is COC(=O)CCc1cccc(-c2nc(N3CCC3)nc3c2CCC3)c1. The Kier molecular flexibility index (Phi) is 4.38. The van der Waals surface area contributed by atoms with Crippen molar-refractivity contribution in [3.8, 4) is 11.3 Å². The normalized spacial score (nSPS) is 15.6. The third-order valence-corrected chi connectivity index (χ3v) is 5.11. The summed E-state index contributed by atoms with van der Waals surface area (Å²) in [5.41, 5.74) is 5.86. The second kappa shape index (κ2) is 6.82. The molecule has 2 aliphatic rings. The highest BCUT2D eigenvalue weighted by Crippen LogP contribution is 2.33. The average molecular weight is 337 g/mol. The Hall–Kier alpha value is -2.43. The molecule has 1 fully saturated rings. The topological polar surface area (TPSA) is 55.3 Å². The summed E-state index contributed by atoms with van der Waals surface area (Å²) in [7, 11) is 1.43. The minimum Gasteiger partial charge on any atom is -0.469 e. The van der Waals surface area contributed by atoms with E-state index in [9.17, 15) is 4.79 Å². The van der Waals surface area contributed by atoms with Crippen LogP contribution in [0, 0.1) is 0 Å². The molecule has 2 aromatic rings. The van der Waals surface area contributed by atoms with Gasteiger partial charge >= 0.3 is 5.97 Å². The van der Waals surface area contributed by atoms with Gasteiger partial charge in [-0.15, -0.1) is 0 Å². The average Bonchev–Trinajstić information content (AvgIpc) is 3.06. The Morgan fingerprint density at radius 2 is 2.08 bits per heavy atom. The minimum absolute atomic E-state index is 0.173. The molecule has 0 saturated carbocycles. The Labute approximate surface area is 148 Å². The monoisotopic (exact) mass is 337 g/mol. The van der Waals surface area contributed by atoms with E-state index in [4.69, 9.17) is 14.7 Å². The Morgan fingerprint density at radius 1 is 1.20 bits per heavy atom. The van der Waals surface area contributed by atoms with E-state index >= 15 is 0 Å². The highest BCUT2D eigenvalue weighted by molar-refractivity contribution is 5.70. The zero-order chi connectivity index (χ0) is 17.2. The molecule has 0 amide bonds. The van der Waals surface area contributed by atoms with Crippen molar-refractivity contribution < 1.29 is 9.53 Å². The number of nitrogens with zero attached hydrogens (tertiary/aromatic N) is 3. The van der Waals surface area contributed by atoms with Gasteiger partial charge in [0.05, 0.1) is 12.8 Å². The molecule has 0 bridgehead atoms. The van der Waals surface area contributed by atoms with Crippen LogP contribution in [0.5, 0.6) is 0 Å². The van der Waals surface area contributed by atoms with Crippen LogP contribution in [-0.4, -0.2) is 36.1 Å². The number of aromatic nitrogens is 2. The molecule has 1 aromatic heterocycles. The van der Waals surface area contributed by atoms with Crippen LogP contribution >= 0.6 is 0 Å². The molecule has 1 aliphatic heterocycles. The van der Waals surface area contributed by atoms with E-state index in [1.165, 1.54) is 24.8 Å². The molecule has 5 nitrogen and oxygen atoms in total. The van der Waals surface area contributed by atoms with Crippen molar-refractivity contribution in [2.75, 3.05) is 25.1 Å². The number of hydrogen-bond donors (Lipinski definition) is 0. The summed E-state index contributed by atoms with van der Waals surface area (Å²) in [5, 5.41) is 0. The first-order valence-electron chi connectivity index (χ1n) is 9.05. The maximum atomic E-state index is 11.4. The summed E-state index contributed by atoms with van der Waals surface area (Å²) >= 11 is 0. The van der Waals surface area contributed by atoms with Crippen LogP contribution in [0.1, 0.15) is 36.1 Å². The standard InChI is InChI=1S/C20H23N3O2/c1-25-18(24)10-9-14-5-2-6-15(13-14)19-16-7-3-8-17(16)21-20(22-19)23-11-4-12-23/h2,5-6,13H,3-4,7-12H2,1H3. The molecule has 1 saturated heterocycles. The van der Waals surface area contributed by atoms with E-state index in [1.807, 2.05) is 0 Å². The van der Waals surface area contributed by atoms with Gasteiger partial charge in [0.15, 0.2) is 0 Å². The van der Waals surface area contributed by atoms with Gasteiger partial charge in [0, 0.05) is 36.3 Å². The number of carbonyl (C=O) groups is 1. The predicted octanol–water partition coefficient (Wildman–Crippen LogP) is 2.95. The number of aryl methyl sites for hydroxylation is 2. The number of esters is 1. The number of carbonyl (C=O) groups excluding carboxylic acids is 1. The molecule has 4 rings (SSSR count). The molecule has 0 unspecified atom stereocenters. The fourth-order valence-electron chi connectivity index (χ4n) is 3.54. The van der Waals surface area contributed by atoms with Crippen LogP contribution in [0.25, 0.3) is 11.3 Å². The van der Waals surface area contributed by atoms with Crippen LogP contribution in [0.4, 0.5) is 5.95 Å². The van der Waals surface area contributed by atoms with Gasteiger partial charge in [-0.1, -0.05) is 18.2 Å². The zero-order valence-corrected chi connectivity index (χ0v) is 14.6. The van der Waals surface area contributed by atoms with E-state index in [1.54, 1.807) is 0 Å². The van der Waals surface area contributed by atoms with Gasteiger partial charge in [0.1, 0.15) is 0 Å². The Bertz CT molecular complexity index is 800. The molecule has 0 N–H and O–H groups in total. The molecule has 130 valence electrons. The molecular formula is C20H23N3O2. The maximum absolute atomic E-state index is 11.4. The molecule has 1 aromatic carbocycles. The van der Waals surface area contributed by atoms with Crippen LogP contribution < -0.4 is 4.90 Å². The van der Waals surface area contributed by atoms with Crippen LogP contribution in [0.3, 0.4) is 0 Å². The Balaban J connectivity index is 1.67. The lowest BCUT2D eigenvalue weighted by Gasteiger charge is -2.31. The van der Waals surface area contributed by atoms with Crippen LogP contribution in [0.15, 0.2) is 24.3 Å². The van der Waals surface area contributed by atoms with Gasteiger partial charge in [0.2, 0.25) is 5.95 Å². The lowest BCUT2D eigenvalue weighted by molar-refractivity contribution is -0.140. The lowest BCUT2D eigenvalue weighted by Crippen LogP contribution is -2.38. The van der Waals surface area contributed by atoms with Gasteiger partial charge in [-0.05, 0) is 43.7 Å². The van der Waals surface area contributed by atoms with Crippen molar-refractivity contribution in [1.82, 2.24) is 9.97 Å². The summed E-state index contributed by atoms with van der Waals surface area (Å²) in [6.45, 7) is 2.11. The number of hydrogen-bond acceptors (Lipinski definition) is 5. The Morgan fingerprint density at radius 3 is 2.84 bits per heavy atom. The quantitative estimate of drug-likeness (QED) is 0.785. The molecule has 1 aliphatic carbocycles. The third kappa shape index (κ3) is 3.23. The van der Waals surface area contributed by atoms with E-state index in [0.717, 1.165) is 55.1 Å². The van der Waals surface area contributed by atoms with Crippen LogP contribution in [0.2, 0.25) is 0 Å². The first-order valence-corrected chi connectivity index (χ1v) is 9.05. The van der Waals surface area contributed by atoms with Gasteiger partial charge in [-0.3, -0.25) is 4.79 Å². The second-order valence-electron chi connectivity index (χ2n) is 6.77. The van der Waals surface area contributed by atoms with Gasteiger partial charge in [0.25, 0.3) is 0 Å². The molecular weight excluding hydrogens is 314 g/mol. The van der Waals surface area contributed by atoms with E-state index in [0.29, 0.717) is 12.8 Å². The first-order chi connectivity index (χ1) is 12.2. The van der Waals surface area contributed by atoms with E-state index in [-0.39, 0.29) is 5.97 Å². The van der Waals surface area contributed by atoms with Crippen LogP contribution in [-0.2, 0) is 28.8 Å². The number of rotatable bonds is 5. The lowest BCUT2D eigenvalue weighted by atomic mass is 10.0. The maximum Gasteiger partial charge on any atom is 0.305 e. The zero-order valence-electron chi connectivity index (χ0n) is 14.6. The number of ether oxygens (including phenoxy) is 1. The number of benzene rings is 1. The molecule has 2 heterocycles. The molecule has 0 radical (unpaired) electrons. The van der Waals surface area contributed by atoms with Gasteiger partial charge < -0.3 is 9.64 Å². The van der Waals surface area contributed by atoms with Crippen molar-refractivity contribution in [1.29, 1.82) is 0 Å². The number of methoxy groups -OCH3 is 1. The molecule has 0 atom stereocenters. The molecule has 0 spiro atoms. The van der Waals surface area contributed by atoms with E-state index < -0.39 is 0 Å². The smallest absolute Gasteiger partial charge is 0.305 e. The summed E-state index contributed by atoms with van der Waals surface area (Å²) in [5.74, 6) is 0.704. The summed E-state index contributed by atoms with van der Waals surface area (Å²) in [6, 6.07) is 8.38. The van der Waals surface area contributed by atoms with Crippen molar-refractivity contribution in [2.24, 2.45) is 0 Å². The third-order valence-electron chi connectivity index (χ3n) is 5.11. The summed E-state index contributed by atoms with van der Waals surface area (Å²) in [6.07, 6.45) is 5.57. The number of anilines is 1. The predicted molar refractivity (Wildman–Crippen MR) is 96.7 cm³/mol. The fourth-order valence-corrected chi connectivity index (χ4v) is 3.54. The van der Waals surface area contributed by atoms with Crippen molar-refractivity contribution in [3.05, 3.63) is 41.1 Å². The summed E-state index contributed by atoms with van der Waals surface area (Å²) in [4.78, 5) is 23.4. The highest BCUT2D eigenvalue weighted by Gasteiger charge is 2.24. The van der Waals surface area contributed by atoms with Gasteiger partial charge in [-0.2, -0.15) is 0 Å². The van der Waals surface area contributed by atoms with Gasteiger partial charge in [-0.25, -0.2) is 9.97 Å². The fraction of sp³-hybridized carbons (Fsp3) is 0.450. The second-order valence-corrected chi connectivity index (χ2v) is 6.77. The number of fused-ring (bicyclic) bond motifs is 1. The van der Waals surface area contributed by atoms with E-state index in [2.05, 4.69) is 29.2 Å².